The van der Waals surface area contributed by atoms with Crippen LogP contribution in [0.2, 0.25) is 0 Å². The van der Waals surface area contributed by atoms with E-state index in [1.807, 2.05) is 32.0 Å². The maximum absolute atomic E-state index is 13.8. The third kappa shape index (κ3) is 4.03. The van der Waals surface area contributed by atoms with Gasteiger partial charge in [0.1, 0.15) is 6.54 Å². The van der Waals surface area contributed by atoms with E-state index in [0.29, 0.717) is 22.6 Å². The molecule has 1 aromatic carbocycles. The number of carbonyl (C=O) groups excluding carboxylic acids is 1. The van der Waals surface area contributed by atoms with E-state index in [-0.39, 0.29) is 29.0 Å². The Labute approximate surface area is 177 Å². The summed E-state index contributed by atoms with van der Waals surface area (Å²) in [4.78, 5) is 17.2. The topological polar surface area (TPSA) is 77.6 Å². The molecule has 3 aromatic heterocycles. The van der Waals surface area contributed by atoms with Gasteiger partial charge >= 0.3 is 0 Å². The largest absolute Gasteiger partial charge is 0.324 e. The van der Waals surface area contributed by atoms with E-state index in [1.165, 1.54) is 10.7 Å². The Bertz CT molecular complexity index is 1290. The van der Waals surface area contributed by atoms with Crippen molar-refractivity contribution in [2.45, 2.75) is 33.7 Å². The number of aromatic nitrogens is 5. The molecule has 4 rings (SSSR count). The Kier molecular flexibility index (Phi) is 5.26. The number of hydrogen-bond donors (Lipinski definition) is 1. The number of alkyl halides is 2. The van der Waals surface area contributed by atoms with Crippen LogP contribution in [0.1, 0.15) is 28.8 Å². The average Bonchev–Trinajstić information content (AvgIpc) is 3.27. The summed E-state index contributed by atoms with van der Waals surface area (Å²) in [6, 6.07) is 7.08. The zero-order chi connectivity index (χ0) is 22.3. The summed E-state index contributed by atoms with van der Waals surface area (Å²) in [7, 11) is 1.74. The molecule has 31 heavy (non-hydrogen) atoms. The van der Waals surface area contributed by atoms with Crippen LogP contribution in [0.4, 0.5) is 14.5 Å². The van der Waals surface area contributed by atoms with Crippen LogP contribution in [0, 0.1) is 20.8 Å². The van der Waals surface area contributed by atoms with E-state index in [9.17, 15) is 13.6 Å². The van der Waals surface area contributed by atoms with Crippen LogP contribution in [-0.4, -0.2) is 30.5 Å². The molecule has 0 saturated carbocycles. The fourth-order valence-corrected chi connectivity index (χ4v) is 3.65. The Balaban J connectivity index is 1.73. The molecule has 9 heteroatoms. The number of pyridine rings is 1. The van der Waals surface area contributed by atoms with Crippen LogP contribution in [-0.2, 0) is 18.4 Å². The number of rotatable bonds is 5. The van der Waals surface area contributed by atoms with Gasteiger partial charge in [0.2, 0.25) is 5.91 Å². The van der Waals surface area contributed by atoms with E-state index < -0.39 is 6.43 Å². The van der Waals surface area contributed by atoms with Gasteiger partial charge in [0.15, 0.2) is 5.65 Å². The number of aryl methyl sites for hydroxylation is 4. The molecule has 1 amide bonds. The summed E-state index contributed by atoms with van der Waals surface area (Å²) in [6.07, 6.45) is 0.551. The van der Waals surface area contributed by atoms with Crippen LogP contribution in [0.25, 0.3) is 22.3 Å². The van der Waals surface area contributed by atoms with Gasteiger partial charge in [0.05, 0.1) is 23.0 Å². The Morgan fingerprint density at radius 1 is 1.19 bits per heavy atom. The summed E-state index contributed by atoms with van der Waals surface area (Å²) in [5, 5.41) is 11.5. The van der Waals surface area contributed by atoms with E-state index in [1.54, 1.807) is 31.0 Å². The molecule has 0 fully saturated rings. The first kappa shape index (κ1) is 20.6. The highest BCUT2D eigenvalue weighted by molar-refractivity contribution is 5.93. The minimum Gasteiger partial charge on any atom is -0.324 e. The molecular weight excluding hydrogens is 402 g/mol. The molecule has 0 aliphatic carbocycles. The lowest BCUT2D eigenvalue weighted by Crippen LogP contribution is -2.20. The predicted molar refractivity (Wildman–Crippen MR) is 114 cm³/mol. The molecule has 160 valence electrons. The number of carbonyl (C=O) groups is 1. The van der Waals surface area contributed by atoms with Crippen molar-refractivity contribution in [3.63, 3.8) is 0 Å². The molecule has 0 spiro atoms. The van der Waals surface area contributed by atoms with Crippen LogP contribution in [0.15, 0.2) is 36.7 Å². The molecule has 3 heterocycles. The van der Waals surface area contributed by atoms with Crippen molar-refractivity contribution in [3.8, 4) is 11.3 Å². The van der Waals surface area contributed by atoms with Crippen molar-refractivity contribution in [1.29, 1.82) is 0 Å². The lowest BCUT2D eigenvalue weighted by molar-refractivity contribution is -0.116. The maximum Gasteiger partial charge on any atom is 0.264 e. The van der Waals surface area contributed by atoms with Crippen molar-refractivity contribution in [2.75, 3.05) is 5.32 Å². The van der Waals surface area contributed by atoms with Crippen molar-refractivity contribution >= 4 is 22.6 Å². The fourth-order valence-electron chi connectivity index (χ4n) is 3.65. The van der Waals surface area contributed by atoms with Gasteiger partial charge in [-0.25, -0.2) is 18.4 Å². The highest BCUT2D eigenvalue weighted by Gasteiger charge is 2.22. The molecule has 0 aliphatic heterocycles. The van der Waals surface area contributed by atoms with Gasteiger partial charge in [-0.15, -0.1) is 0 Å². The van der Waals surface area contributed by atoms with Crippen LogP contribution in [0.5, 0.6) is 0 Å². The molecule has 0 unspecified atom stereocenters. The monoisotopic (exact) mass is 424 g/mol. The first-order valence-corrected chi connectivity index (χ1v) is 9.75. The first-order valence-electron chi connectivity index (χ1n) is 9.75. The van der Waals surface area contributed by atoms with Crippen LogP contribution >= 0.6 is 0 Å². The van der Waals surface area contributed by atoms with Gasteiger partial charge < -0.3 is 5.32 Å². The molecule has 0 atom stereocenters. The predicted octanol–water partition coefficient (Wildman–Crippen LogP) is 4.33. The normalized spacial score (nSPS) is 11.5. The third-order valence-electron chi connectivity index (χ3n) is 5.09. The number of amides is 1. The molecule has 0 bridgehead atoms. The van der Waals surface area contributed by atoms with Gasteiger partial charge in [0.25, 0.3) is 6.43 Å². The highest BCUT2D eigenvalue weighted by atomic mass is 19.3. The molecule has 0 radical (unpaired) electrons. The second-order valence-electron chi connectivity index (χ2n) is 7.61. The van der Waals surface area contributed by atoms with Crippen molar-refractivity contribution in [1.82, 2.24) is 24.5 Å². The maximum atomic E-state index is 13.8. The van der Waals surface area contributed by atoms with Gasteiger partial charge in [-0.1, -0.05) is 17.7 Å². The van der Waals surface area contributed by atoms with Gasteiger partial charge in [-0.2, -0.15) is 10.2 Å². The fraction of sp³-hybridized carbons (Fsp3) is 0.273. The summed E-state index contributed by atoms with van der Waals surface area (Å²) in [5.74, 6) is -0.316. The number of fused-ring (bicyclic) bond motifs is 1. The Morgan fingerprint density at radius 2 is 1.97 bits per heavy atom. The van der Waals surface area contributed by atoms with Gasteiger partial charge in [0, 0.05) is 30.1 Å². The third-order valence-corrected chi connectivity index (χ3v) is 5.09. The number of benzene rings is 1. The summed E-state index contributed by atoms with van der Waals surface area (Å²) < 4.78 is 30.6. The number of anilines is 1. The summed E-state index contributed by atoms with van der Waals surface area (Å²) in [5.41, 5.74) is 4.16. The van der Waals surface area contributed by atoms with E-state index in [4.69, 9.17) is 0 Å². The number of hydrogen-bond acceptors (Lipinski definition) is 4. The zero-order valence-corrected chi connectivity index (χ0v) is 17.6. The molecule has 0 saturated heterocycles. The van der Waals surface area contributed by atoms with Crippen molar-refractivity contribution in [3.05, 3.63) is 59.0 Å². The Hall–Kier alpha value is -3.62. The Morgan fingerprint density at radius 3 is 2.61 bits per heavy atom. The quantitative estimate of drug-likeness (QED) is 0.517. The molecule has 7 nitrogen and oxygen atoms in total. The van der Waals surface area contributed by atoms with Gasteiger partial charge in [-0.05, 0) is 38.5 Å². The van der Waals surface area contributed by atoms with E-state index >= 15 is 0 Å². The first-order chi connectivity index (χ1) is 14.7. The smallest absolute Gasteiger partial charge is 0.264 e. The SMILES string of the molecule is Cc1ccc(NC(=O)Cn2nc(C)c3c(C(F)F)cc(-c4cnn(C)c4)nc32)c(C)c1. The van der Waals surface area contributed by atoms with Crippen LogP contribution < -0.4 is 5.32 Å². The number of nitrogens with one attached hydrogen (secondary N) is 1. The molecule has 4 aromatic rings. The van der Waals surface area contributed by atoms with Crippen molar-refractivity contribution < 1.29 is 13.6 Å². The lowest BCUT2D eigenvalue weighted by Gasteiger charge is -2.10. The van der Waals surface area contributed by atoms with E-state index in [2.05, 4.69) is 20.5 Å². The lowest BCUT2D eigenvalue weighted by atomic mass is 10.1. The zero-order valence-electron chi connectivity index (χ0n) is 17.6. The molecular formula is C22H22F2N6O. The molecule has 1 N–H and O–H groups in total. The average molecular weight is 424 g/mol. The molecule has 0 aliphatic rings. The summed E-state index contributed by atoms with van der Waals surface area (Å²) in [6.45, 7) is 5.37. The van der Waals surface area contributed by atoms with Crippen LogP contribution in [0.3, 0.4) is 0 Å². The second-order valence-corrected chi connectivity index (χ2v) is 7.61. The van der Waals surface area contributed by atoms with E-state index in [0.717, 1.165) is 11.1 Å². The minimum absolute atomic E-state index is 0.149. The number of nitrogens with zero attached hydrogens (tertiary/aromatic N) is 5. The standard InChI is InChI=1S/C22H22F2N6O/c1-12-5-6-17(13(2)7-12)26-19(31)11-30-22-20(14(3)28-30)16(21(23)24)8-18(27-22)15-9-25-29(4)10-15/h5-10,21H,11H2,1-4H3,(H,26,31). The second kappa shape index (κ2) is 7.90. The highest BCUT2D eigenvalue weighted by Crippen LogP contribution is 2.33. The minimum atomic E-state index is -2.71. The summed E-state index contributed by atoms with van der Waals surface area (Å²) >= 11 is 0. The van der Waals surface area contributed by atoms with Gasteiger partial charge in [-0.3, -0.25) is 9.48 Å². The number of halogens is 2. The van der Waals surface area contributed by atoms with Crippen molar-refractivity contribution in [2.24, 2.45) is 7.05 Å².